The van der Waals surface area contributed by atoms with Gasteiger partial charge in [-0.05, 0) is 35.9 Å². The summed E-state index contributed by atoms with van der Waals surface area (Å²) in [6.45, 7) is 4.08. The number of carbonyl (C=O) groups excluding carboxylic acids is 1. The summed E-state index contributed by atoms with van der Waals surface area (Å²) in [6, 6.07) is 19.9. The van der Waals surface area contributed by atoms with Crippen LogP contribution in [0.3, 0.4) is 0 Å². The van der Waals surface area contributed by atoms with Crippen LogP contribution in [-0.2, 0) is 5.41 Å². The Bertz CT molecular complexity index is 1190. The smallest absolute Gasteiger partial charge is 0.255 e. The predicted molar refractivity (Wildman–Crippen MR) is 119 cm³/mol. The van der Waals surface area contributed by atoms with Crippen molar-refractivity contribution in [1.29, 1.82) is 0 Å². The zero-order chi connectivity index (χ0) is 21.8. The number of rotatable bonds is 6. The maximum absolute atomic E-state index is 14.3. The normalized spacial score (nSPS) is 11.3. The molecule has 0 radical (unpaired) electrons. The molecule has 0 saturated heterocycles. The molecule has 4 rings (SSSR count). The summed E-state index contributed by atoms with van der Waals surface area (Å²) >= 11 is 0. The Morgan fingerprint density at radius 1 is 1.03 bits per heavy atom. The second kappa shape index (κ2) is 8.52. The summed E-state index contributed by atoms with van der Waals surface area (Å²) in [4.78, 5) is 17.3. The number of hydrogen-bond acceptors (Lipinski definition) is 3. The van der Waals surface area contributed by atoms with Gasteiger partial charge in [-0.1, -0.05) is 50.2 Å². The van der Waals surface area contributed by atoms with Crippen molar-refractivity contribution >= 4 is 5.91 Å². The van der Waals surface area contributed by atoms with Crippen molar-refractivity contribution in [2.45, 2.75) is 19.3 Å². The number of benzene rings is 2. The summed E-state index contributed by atoms with van der Waals surface area (Å²) in [5, 5.41) is 7.60. The van der Waals surface area contributed by atoms with E-state index in [2.05, 4.69) is 15.4 Å². The minimum absolute atomic E-state index is 0.273. The van der Waals surface area contributed by atoms with Crippen molar-refractivity contribution in [3.8, 4) is 16.9 Å². The van der Waals surface area contributed by atoms with Crippen molar-refractivity contribution in [1.82, 2.24) is 20.1 Å². The topological polar surface area (TPSA) is 59.8 Å². The Hall–Kier alpha value is -3.80. The minimum Gasteiger partial charge on any atom is -0.351 e. The van der Waals surface area contributed by atoms with Gasteiger partial charge < -0.3 is 5.32 Å². The predicted octanol–water partition coefficient (Wildman–Crippen LogP) is 4.78. The Morgan fingerprint density at radius 3 is 2.48 bits per heavy atom. The molecule has 0 atom stereocenters. The van der Waals surface area contributed by atoms with Crippen LogP contribution in [0.2, 0.25) is 0 Å². The first-order valence-electron chi connectivity index (χ1n) is 10.0. The highest BCUT2D eigenvalue weighted by molar-refractivity contribution is 5.99. The van der Waals surface area contributed by atoms with E-state index in [1.165, 1.54) is 6.07 Å². The molecule has 2 aromatic carbocycles. The molecule has 0 aliphatic rings. The van der Waals surface area contributed by atoms with Crippen LogP contribution in [0.5, 0.6) is 0 Å². The largest absolute Gasteiger partial charge is 0.351 e. The maximum atomic E-state index is 14.3. The highest BCUT2D eigenvalue weighted by Gasteiger charge is 2.26. The van der Waals surface area contributed by atoms with Gasteiger partial charge in [-0.25, -0.2) is 9.07 Å². The van der Waals surface area contributed by atoms with Crippen molar-refractivity contribution in [3.05, 3.63) is 102 Å². The molecule has 0 saturated carbocycles. The van der Waals surface area contributed by atoms with E-state index in [9.17, 15) is 9.18 Å². The quantitative estimate of drug-likeness (QED) is 0.494. The van der Waals surface area contributed by atoms with E-state index in [0.717, 1.165) is 11.3 Å². The lowest BCUT2D eigenvalue weighted by Crippen LogP contribution is -2.37. The lowest BCUT2D eigenvalue weighted by molar-refractivity contribution is 0.0946. The molecule has 2 aromatic heterocycles. The molecule has 156 valence electrons. The number of hydrogen-bond donors (Lipinski definition) is 1. The van der Waals surface area contributed by atoms with Gasteiger partial charge in [0.05, 0.1) is 11.3 Å². The van der Waals surface area contributed by atoms with E-state index in [0.29, 0.717) is 16.8 Å². The third kappa shape index (κ3) is 4.38. The molecule has 1 N–H and O–H groups in total. The maximum Gasteiger partial charge on any atom is 0.255 e. The summed E-state index contributed by atoms with van der Waals surface area (Å²) in [5.74, 6) is -0.555. The number of nitrogens with zero attached hydrogens (tertiary/aromatic N) is 3. The van der Waals surface area contributed by atoms with Crippen molar-refractivity contribution < 1.29 is 9.18 Å². The number of para-hydroxylation sites is 1. The molecule has 31 heavy (non-hydrogen) atoms. The first kappa shape index (κ1) is 20.5. The fourth-order valence-electron chi connectivity index (χ4n) is 3.47. The minimum atomic E-state index is -0.578. The molecular formula is C25H23FN4O. The van der Waals surface area contributed by atoms with Crippen LogP contribution in [0.1, 0.15) is 29.8 Å². The molecule has 0 aliphatic carbocycles. The second-order valence-corrected chi connectivity index (χ2v) is 7.96. The van der Waals surface area contributed by atoms with Crippen molar-refractivity contribution in [2.75, 3.05) is 6.54 Å². The fourth-order valence-corrected chi connectivity index (χ4v) is 3.47. The van der Waals surface area contributed by atoms with E-state index < -0.39 is 5.41 Å². The molecule has 5 nitrogen and oxygen atoms in total. The Balaban J connectivity index is 1.64. The Morgan fingerprint density at radius 2 is 1.77 bits per heavy atom. The van der Waals surface area contributed by atoms with Gasteiger partial charge in [-0.2, -0.15) is 5.10 Å². The summed E-state index contributed by atoms with van der Waals surface area (Å²) in [7, 11) is 0. The molecule has 6 heteroatoms. The highest BCUT2D eigenvalue weighted by atomic mass is 19.1. The standard InChI is InChI=1S/C25H23FN4O/c1-25(2,21-12-6-7-13-22(21)26)17-28-24(31)20-16-30(19-10-4-3-5-11-19)29-23(20)18-9-8-14-27-15-18/h3-16H,17H2,1-2H3,(H,28,31). The van der Waals surface area contributed by atoms with Gasteiger partial charge in [0.25, 0.3) is 5.91 Å². The molecule has 2 heterocycles. The van der Waals surface area contributed by atoms with E-state index in [4.69, 9.17) is 0 Å². The molecule has 0 bridgehead atoms. The fraction of sp³-hybridized carbons (Fsp3) is 0.160. The van der Waals surface area contributed by atoms with Gasteiger partial charge in [0.15, 0.2) is 0 Å². The van der Waals surface area contributed by atoms with Gasteiger partial charge in [0.2, 0.25) is 0 Å². The van der Waals surface area contributed by atoms with Crippen LogP contribution < -0.4 is 5.32 Å². The average Bonchev–Trinajstić information content (AvgIpc) is 3.25. The molecule has 4 aromatic rings. The molecule has 0 fully saturated rings. The average molecular weight is 414 g/mol. The Labute approximate surface area is 180 Å². The van der Waals surface area contributed by atoms with Crippen LogP contribution in [0.4, 0.5) is 4.39 Å². The van der Waals surface area contributed by atoms with Crippen LogP contribution in [0.15, 0.2) is 85.3 Å². The second-order valence-electron chi connectivity index (χ2n) is 7.96. The lowest BCUT2D eigenvalue weighted by atomic mass is 9.84. The monoisotopic (exact) mass is 414 g/mol. The number of amides is 1. The summed E-state index contributed by atoms with van der Waals surface area (Å²) < 4.78 is 16.0. The van der Waals surface area contributed by atoms with Crippen LogP contribution in [0, 0.1) is 5.82 Å². The van der Waals surface area contributed by atoms with E-state index >= 15 is 0 Å². The Kier molecular flexibility index (Phi) is 5.62. The zero-order valence-corrected chi connectivity index (χ0v) is 17.4. The number of pyridine rings is 1. The van der Waals surface area contributed by atoms with Crippen LogP contribution in [0.25, 0.3) is 16.9 Å². The first-order chi connectivity index (χ1) is 15.0. The summed E-state index contributed by atoms with van der Waals surface area (Å²) in [5.41, 5.74) is 2.54. The molecule has 0 aliphatic heterocycles. The summed E-state index contributed by atoms with van der Waals surface area (Å²) in [6.07, 6.45) is 5.06. The van der Waals surface area contributed by atoms with Crippen LogP contribution in [-0.4, -0.2) is 27.2 Å². The first-order valence-corrected chi connectivity index (χ1v) is 10.0. The van der Waals surface area contributed by atoms with Gasteiger partial charge >= 0.3 is 0 Å². The molecule has 1 amide bonds. The van der Waals surface area contributed by atoms with Crippen molar-refractivity contribution in [2.24, 2.45) is 0 Å². The number of halogens is 1. The molecule has 0 unspecified atom stereocenters. The number of nitrogens with one attached hydrogen (secondary N) is 1. The van der Waals surface area contributed by atoms with Gasteiger partial charge in [0, 0.05) is 36.1 Å². The molecular weight excluding hydrogens is 391 g/mol. The van der Waals surface area contributed by atoms with Gasteiger partial charge in [-0.3, -0.25) is 9.78 Å². The van der Waals surface area contributed by atoms with Crippen molar-refractivity contribution in [3.63, 3.8) is 0 Å². The van der Waals surface area contributed by atoms with E-state index in [-0.39, 0.29) is 18.3 Å². The van der Waals surface area contributed by atoms with Gasteiger partial charge in [-0.15, -0.1) is 0 Å². The third-order valence-electron chi connectivity index (χ3n) is 5.21. The molecule has 0 spiro atoms. The third-order valence-corrected chi connectivity index (χ3v) is 5.21. The van der Waals surface area contributed by atoms with Gasteiger partial charge in [0.1, 0.15) is 11.5 Å². The lowest BCUT2D eigenvalue weighted by Gasteiger charge is -2.26. The number of aromatic nitrogens is 3. The highest BCUT2D eigenvalue weighted by Crippen LogP contribution is 2.26. The SMILES string of the molecule is CC(C)(CNC(=O)c1cn(-c2ccccc2)nc1-c1cccnc1)c1ccccc1F. The zero-order valence-electron chi connectivity index (χ0n) is 17.4. The van der Waals surface area contributed by atoms with E-state index in [1.807, 2.05) is 50.2 Å². The van der Waals surface area contributed by atoms with E-state index in [1.54, 1.807) is 47.5 Å². The van der Waals surface area contributed by atoms with Crippen LogP contribution >= 0.6 is 0 Å². The number of carbonyl (C=O) groups is 1.